The van der Waals surface area contributed by atoms with E-state index in [0.29, 0.717) is 6.42 Å². The molecule has 0 saturated carbocycles. The van der Waals surface area contributed by atoms with Crippen LogP contribution in [0, 0.1) is 0 Å². The molecule has 0 aliphatic carbocycles. The van der Waals surface area contributed by atoms with E-state index in [2.05, 4.69) is 0 Å². The number of esters is 1. The molecule has 1 unspecified atom stereocenters. The lowest BCUT2D eigenvalue weighted by Gasteiger charge is -2.26. The average Bonchev–Trinajstić information content (AvgIpc) is 2.17. The van der Waals surface area contributed by atoms with Gasteiger partial charge in [0.2, 0.25) is 0 Å². The summed E-state index contributed by atoms with van der Waals surface area (Å²) in [6.45, 7) is 5.40. The van der Waals surface area contributed by atoms with Gasteiger partial charge in [-0.1, -0.05) is 30.3 Å². The zero-order chi connectivity index (χ0) is 12.2. The maximum atomic E-state index is 11.4. The first kappa shape index (κ1) is 12.7. The van der Waals surface area contributed by atoms with Crippen LogP contribution in [0.5, 0.6) is 0 Å². The van der Waals surface area contributed by atoms with Gasteiger partial charge in [-0.15, -0.1) is 0 Å². The van der Waals surface area contributed by atoms with E-state index in [4.69, 9.17) is 10.5 Å². The standard InChI is InChI=1S/C13H19NO2/c1-10(14)12(15)16-13(2,3)9-11-7-5-4-6-8-11/h4-8,10H,9,14H2,1-3H3. The Kier molecular flexibility index (Phi) is 4.07. The zero-order valence-corrected chi connectivity index (χ0v) is 10.1. The second kappa shape index (κ2) is 5.12. The summed E-state index contributed by atoms with van der Waals surface area (Å²) in [5.41, 5.74) is 6.08. The van der Waals surface area contributed by atoms with Gasteiger partial charge >= 0.3 is 5.97 Å². The second-order valence-corrected chi connectivity index (χ2v) is 4.63. The molecule has 0 bridgehead atoms. The van der Waals surface area contributed by atoms with E-state index < -0.39 is 11.6 Å². The first-order chi connectivity index (χ1) is 7.41. The van der Waals surface area contributed by atoms with Crippen LogP contribution in [0.1, 0.15) is 26.3 Å². The van der Waals surface area contributed by atoms with Crippen molar-refractivity contribution >= 4 is 5.97 Å². The molecule has 1 aromatic rings. The third-order valence-electron chi connectivity index (χ3n) is 2.22. The van der Waals surface area contributed by atoms with E-state index in [1.165, 1.54) is 0 Å². The van der Waals surface area contributed by atoms with Gasteiger partial charge in [-0.2, -0.15) is 0 Å². The lowest BCUT2D eigenvalue weighted by Crippen LogP contribution is -2.38. The number of rotatable bonds is 4. The first-order valence-electron chi connectivity index (χ1n) is 5.43. The Hall–Kier alpha value is -1.35. The van der Waals surface area contributed by atoms with Crippen molar-refractivity contribution in [2.75, 3.05) is 0 Å². The van der Waals surface area contributed by atoms with Crippen LogP contribution < -0.4 is 5.73 Å². The average molecular weight is 221 g/mol. The molecule has 0 aliphatic heterocycles. The fourth-order valence-corrected chi connectivity index (χ4v) is 1.49. The Balaban J connectivity index is 2.62. The van der Waals surface area contributed by atoms with Crippen LogP contribution in [0.2, 0.25) is 0 Å². The molecule has 0 heterocycles. The van der Waals surface area contributed by atoms with Crippen LogP contribution in [0.3, 0.4) is 0 Å². The Morgan fingerprint density at radius 3 is 2.44 bits per heavy atom. The zero-order valence-electron chi connectivity index (χ0n) is 10.1. The Morgan fingerprint density at radius 1 is 1.38 bits per heavy atom. The highest BCUT2D eigenvalue weighted by Gasteiger charge is 2.24. The summed E-state index contributed by atoms with van der Waals surface area (Å²) >= 11 is 0. The van der Waals surface area contributed by atoms with Gasteiger partial charge in [0.15, 0.2) is 0 Å². The highest BCUT2D eigenvalue weighted by Crippen LogP contribution is 2.17. The van der Waals surface area contributed by atoms with E-state index in [1.807, 2.05) is 44.2 Å². The summed E-state index contributed by atoms with van der Waals surface area (Å²) in [5, 5.41) is 0. The van der Waals surface area contributed by atoms with Crippen LogP contribution in [0.25, 0.3) is 0 Å². The van der Waals surface area contributed by atoms with Crippen LogP contribution in [-0.2, 0) is 16.0 Å². The van der Waals surface area contributed by atoms with Crippen molar-refractivity contribution in [1.29, 1.82) is 0 Å². The van der Waals surface area contributed by atoms with Crippen molar-refractivity contribution in [3.05, 3.63) is 35.9 Å². The number of hydrogen-bond acceptors (Lipinski definition) is 3. The van der Waals surface area contributed by atoms with Crippen LogP contribution in [-0.4, -0.2) is 17.6 Å². The van der Waals surface area contributed by atoms with E-state index >= 15 is 0 Å². The molecule has 3 nitrogen and oxygen atoms in total. The monoisotopic (exact) mass is 221 g/mol. The molecule has 2 N–H and O–H groups in total. The summed E-state index contributed by atoms with van der Waals surface area (Å²) in [6.07, 6.45) is 0.687. The molecule has 0 aromatic heterocycles. The largest absolute Gasteiger partial charge is 0.458 e. The predicted molar refractivity (Wildman–Crippen MR) is 64.0 cm³/mol. The minimum absolute atomic E-state index is 0.360. The fraction of sp³-hybridized carbons (Fsp3) is 0.462. The quantitative estimate of drug-likeness (QED) is 0.790. The first-order valence-corrected chi connectivity index (χ1v) is 5.43. The smallest absolute Gasteiger partial charge is 0.323 e. The van der Waals surface area contributed by atoms with E-state index in [9.17, 15) is 4.79 Å². The van der Waals surface area contributed by atoms with Gasteiger partial charge in [0.25, 0.3) is 0 Å². The molecule has 1 atom stereocenters. The SMILES string of the molecule is CC(N)C(=O)OC(C)(C)Cc1ccccc1. The predicted octanol–water partition coefficient (Wildman–Crippen LogP) is 1.90. The number of hydrogen-bond donors (Lipinski definition) is 1. The molecule has 0 fully saturated rings. The molecule has 88 valence electrons. The molecular formula is C13H19NO2. The lowest BCUT2D eigenvalue weighted by molar-refractivity contribution is -0.157. The highest BCUT2D eigenvalue weighted by molar-refractivity contribution is 5.75. The molecule has 16 heavy (non-hydrogen) atoms. The van der Waals surface area contributed by atoms with E-state index in [-0.39, 0.29) is 5.97 Å². The van der Waals surface area contributed by atoms with E-state index in [0.717, 1.165) is 5.56 Å². The Bertz CT molecular complexity index is 344. The van der Waals surface area contributed by atoms with Crippen molar-refractivity contribution in [3.8, 4) is 0 Å². The van der Waals surface area contributed by atoms with Gasteiger partial charge in [0.1, 0.15) is 11.6 Å². The summed E-state index contributed by atoms with van der Waals surface area (Å²) in [7, 11) is 0. The van der Waals surface area contributed by atoms with Gasteiger partial charge in [0, 0.05) is 6.42 Å². The maximum absolute atomic E-state index is 11.4. The fourth-order valence-electron chi connectivity index (χ4n) is 1.49. The molecule has 0 radical (unpaired) electrons. The van der Waals surface area contributed by atoms with E-state index in [1.54, 1.807) is 6.92 Å². The summed E-state index contributed by atoms with van der Waals surface area (Å²) in [4.78, 5) is 11.4. The second-order valence-electron chi connectivity index (χ2n) is 4.63. The van der Waals surface area contributed by atoms with Crippen molar-refractivity contribution in [2.45, 2.75) is 38.8 Å². The molecule has 0 spiro atoms. The molecule has 1 aromatic carbocycles. The van der Waals surface area contributed by atoms with Crippen LogP contribution >= 0.6 is 0 Å². The molecule has 0 aliphatic rings. The Morgan fingerprint density at radius 2 is 1.94 bits per heavy atom. The molecule has 0 amide bonds. The van der Waals surface area contributed by atoms with Gasteiger partial charge in [-0.3, -0.25) is 4.79 Å². The van der Waals surface area contributed by atoms with Crippen molar-refractivity contribution < 1.29 is 9.53 Å². The van der Waals surface area contributed by atoms with Gasteiger partial charge in [0.05, 0.1) is 0 Å². The summed E-state index contributed by atoms with van der Waals surface area (Å²) < 4.78 is 5.34. The highest BCUT2D eigenvalue weighted by atomic mass is 16.6. The number of carbonyl (C=O) groups is 1. The third kappa shape index (κ3) is 4.03. The van der Waals surface area contributed by atoms with Gasteiger partial charge in [-0.05, 0) is 26.3 Å². The lowest BCUT2D eigenvalue weighted by atomic mass is 9.98. The number of ether oxygens (including phenoxy) is 1. The molecule has 1 rings (SSSR count). The summed E-state index contributed by atoms with van der Waals surface area (Å²) in [6, 6.07) is 9.36. The van der Waals surface area contributed by atoms with Crippen molar-refractivity contribution in [1.82, 2.24) is 0 Å². The Labute approximate surface area is 96.6 Å². The molecular weight excluding hydrogens is 202 g/mol. The van der Waals surface area contributed by atoms with Gasteiger partial charge in [-0.25, -0.2) is 0 Å². The number of nitrogens with two attached hydrogens (primary N) is 1. The normalized spacial score (nSPS) is 13.2. The minimum atomic E-state index is -0.574. The number of carbonyl (C=O) groups excluding carboxylic acids is 1. The van der Waals surface area contributed by atoms with Gasteiger partial charge < -0.3 is 10.5 Å². The topological polar surface area (TPSA) is 52.3 Å². The maximum Gasteiger partial charge on any atom is 0.323 e. The van der Waals surface area contributed by atoms with Crippen molar-refractivity contribution in [3.63, 3.8) is 0 Å². The minimum Gasteiger partial charge on any atom is -0.458 e. The summed E-state index contributed by atoms with van der Waals surface area (Å²) in [5.74, 6) is -0.360. The molecule has 3 heteroatoms. The van der Waals surface area contributed by atoms with Crippen LogP contribution in [0.4, 0.5) is 0 Å². The van der Waals surface area contributed by atoms with Crippen molar-refractivity contribution in [2.24, 2.45) is 5.73 Å². The van der Waals surface area contributed by atoms with Crippen LogP contribution in [0.15, 0.2) is 30.3 Å². The number of benzene rings is 1. The third-order valence-corrected chi connectivity index (χ3v) is 2.22. The molecule has 0 saturated heterocycles.